The Morgan fingerprint density at radius 1 is 1.50 bits per heavy atom. The van der Waals surface area contributed by atoms with Gasteiger partial charge < -0.3 is 14.6 Å². The molecular formula is C15H20N6O3. The number of ether oxygens (including phenoxy) is 1. The number of amides is 1. The van der Waals surface area contributed by atoms with E-state index in [4.69, 9.17) is 4.74 Å². The van der Waals surface area contributed by atoms with Crippen LogP contribution in [0.25, 0.3) is 0 Å². The summed E-state index contributed by atoms with van der Waals surface area (Å²) < 4.78 is 7.37. The second-order valence-corrected chi connectivity index (χ2v) is 5.73. The zero-order valence-corrected chi connectivity index (χ0v) is 13.5. The molecule has 24 heavy (non-hydrogen) atoms. The lowest BCUT2D eigenvalue weighted by Gasteiger charge is -2.32. The quantitative estimate of drug-likeness (QED) is 0.829. The number of rotatable bonds is 5. The Hall–Kier alpha value is -2.55. The van der Waals surface area contributed by atoms with Crippen LogP contribution >= 0.6 is 0 Å². The predicted molar refractivity (Wildman–Crippen MR) is 84.1 cm³/mol. The van der Waals surface area contributed by atoms with Crippen LogP contribution in [0.5, 0.6) is 0 Å². The van der Waals surface area contributed by atoms with Crippen LogP contribution in [0.3, 0.4) is 0 Å². The maximum absolute atomic E-state index is 12.4. The van der Waals surface area contributed by atoms with E-state index in [1.54, 1.807) is 22.8 Å². The van der Waals surface area contributed by atoms with Crippen LogP contribution in [0.2, 0.25) is 0 Å². The van der Waals surface area contributed by atoms with Crippen molar-refractivity contribution < 1.29 is 9.53 Å². The lowest BCUT2D eigenvalue weighted by Crippen LogP contribution is -2.43. The summed E-state index contributed by atoms with van der Waals surface area (Å²) in [6.07, 6.45) is 3.85. The minimum Gasteiger partial charge on any atom is -0.367 e. The van der Waals surface area contributed by atoms with Crippen molar-refractivity contribution in [2.45, 2.75) is 32.4 Å². The van der Waals surface area contributed by atoms with Crippen LogP contribution in [-0.4, -0.2) is 55.2 Å². The van der Waals surface area contributed by atoms with E-state index in [1.807, 2.05) is 0 Å². The number of nitrogens with zero attached hydrogens (tertiary/aromatic N) is 5. The number of nitrogens with one attached hydrogen (secondary N) is 1. The van der Waals surface area contributed by atoms with E-state index < -0.39 is 6.10 Å². The van der Waals surface area contributed by atoms with Crippen molar-refractivity contribution >= 4 is 5.91 Å². The summed E-state index contributed by atoms with van der Waals surface area (Å²) in [6, 6.07) is 1.43. The van der Waals surface area contributed by atoms with Gasteiger partial charge in [-0.3, -0.25) is 14.3 Å². The van der Waals surface area contributed by atoms with Gasteiger partial charge in [0, 0.05) is 31.3 Å². The van der Waals surface area contributed by atoms with Gasteiger partial charge in [-0.1, -0.05) is 0 Å². The monoisotopic (exact) mass is 332 g/mol. The van der Waals surface area contributed by atoms with Gasteiger partial charge in [0.2, 0.25) is 5.91 Å². The number of hydrogen-bond acceptors (Lipinski definition) is 6. The summed E-state index contributed by atoms with van der Waals surface area (Å²) in [7, 11) is 0. The third kappa shape index (κ3) is 4.05. The normalized spacial score (nSPS) is 17.9. The van der Waals surface area contributed by atoms with E-state index in [0.29, 0.717) is 50.6 Å². The molecule has 1 fully saturated rings. The maximum atomic E-state index is 12.4. The van der Waals surface area contributed by atoms with Crippen molar-refractivity contribution in [3.63, 3.8) is 0 Å². The van der Waals surface area contributed by atoms with Crippen LogP contribution in [0.15, 0.2) is 23.5 Å². The molecule has 1 saturated heterocycles. The molecule has 0 saturated carbocycles. The average molecular weight is 332 g/mol. The number of aromatic nitrogens is 5. The molecule has 0 aliphatic carbocycles. The van der Waals surface area contributed by atoms with Gasteiger partial charge in [0.15, 0.2) is 0 Å². The van der Waals surface area contributed by atoms with Crippen molar-refractivity contribution in [1.29, 1.82) is 0 Å². The van der Waals surface area contributed by atoms with E-state index in [2.05, 4.69) is 20.1 Å². The number of carbonyl (C=O) groups excluding carboxylic acids is 1. The van der Waals surface area contributed by atoms with Crippen LogP contribution in [0.4, 0.5) is 0 Å². The average Bonchev–Trinajstić information content (AvgIpc) is 3.07. The molecule has 2 aromatic rings. The van der Waals surface area contributed by atoms with Gasteiger partial charge in [-0.2, -0.15) is 5.10 Å². The zero-order valence-electron chi connectivity index (χ0n) is 13.5. The van der Waals surface area contributed by atoms with E-state index in [0.717, 1.165) is 0 Å². The molecule has 0 unspecified atom stereocenters. The van der Waals surface area contributed by atoms with E-state index >= 15 is 0 Å². The number of aromatic amines is 1. The van der Waals surface area contributed by atoms with Crippen LogP contribution < -0.4 is 5.56 Å². The van der Waals surface area contributed by atoms with Crippen molar-refractivity contribution in [2.24, 2.45) is 0 Å². The topological polar surface area (TPSA) is 106 Å². The fraction of sp³-hybridized carbons (Fsp3) is 0.533. The first kappa shape index (κ1) is 16.3. The van der Waals surface area contributed by atoms with Crippen molar-refractivity contribution in [1.82, 2.24) is 29.6 Å². The van der Waals surface area contributed by atoms with Crippen LogP contribution in [0, 0.1) is 6.92 Å². The molecule has 0 bridgehead atoms. The van der Waals surface area contributed by atoms with Gasteiger partial charge in [0.1, 0.15) is 24.6 Å². The van der Waals surface area contributed by atoms with Gasteiger partial charge in [0.25, 0.3) is 5.56 Å². The summed E-state index contributed by atoms with van der Waals surface area (Å²) in [5, 5.41) is 4.01. The summed E-state index contributed by atoms with van der Waals surface area (Å²) in [5.74, 6) is 0.540. The summed E-state index contributed by atoms with van der Waals surface area (Å²) >= 11 is 0. The first-order valence-corrected chi connectivity index (χ1v) is 7.91. The number of carbonyl (C=O) groups is 1. The fourth-order valence-corrected chi connectivity index (χ4v) is 2.69. The Balaban J connectivity index is 1.56. The van der Waals surface area contributed by atoms with Gasteiger partial charge in [-0.25, -0.2) is 9.97 Å². The van der Waals surface area contributed by atoms with Crippen molar-refractivity contribution in [3.05, 3.63) is 40.6 Å². The molecule has 9 nitrogen and oxygen atoms in total. The second kappa shape index (κ2) is 7.35. The van der Waals surface area contributed by atoms with Crippen LogP contribution in [0.1, 0.15) is 30.5 Å². The Morgan fingerprint density at radius 3 is 3.12 bits per heavy atom. The Labute approximate surface area is 138 Å². The first-order valence-electron chi connectivity index (χ1n) is 7.91. The molecule has 3 heterocycles. The van der Waals surface area contributed by atoms with Gasteiger partial charge >= 0.3 is 0 Å². The largest absolute Gasteiger partial charge is 0.367 e. The lowest BCUT2D eigenvalue weighted by molar-refractivity contribution is -0.139. The molecule has 2 aromatic heterocycles. The molecule has 1 amide bonds. The van der Waals surface area contributed by atoms with E-state index in [-0.39, 0.29) is 11.5 Å². The van der Waals surface area contributed by atoms with Gasteiger partial charge in [-0.15, -0.1) is 0 Å². The number of morpholine rings is 1. The molecule has 0 radical (unpaired) electrons. The van der Waals surface area contributed by atoms with E-state index in [9.17, 15) is 9.59 Å². The third-order valence-corrected chi connectivity index (χ3v) is 3.86. The third-order valence-electron chi connectivity index (χ3n) is 3.86. The molecule has 0 spiro atoms. The second-order valence-electron chi connectivity index (χ2n) is 5.73. The fourth-order valence-electron chi connectivity index (χ4n) is 2.69. The highest BCUT2D eigenvalue weighted by Gasteiger charge is 2.26. The molecule has 1 aliphatic heterocycles. The number of aryl methyl sites for hydroxylation is 2. The standard InChI is InChI=1S/C15H20N6O3/c1-11-7-13(22)19-15(18-11)12-8-20(5-6-24-12)14(23)3-2-4-21-10-16-9-17-21/h7,9-10,12H,2-6,8H2,1H3,(H,18,19,22)/t12-/m1/s1. The Bertz CT molecular complexity index is 742. The highest BCUT2D eigenvalue weighted by molar-refractivity contribution is 5.76. The van der Waals surface area contributed by atoms with Gasteiger partial charge in [0.05, 0.1) is 13.2 Å². The van der Waals surface area contributed by atoms with Crippen molar-refractivity contribution in [2.75, 3.05) is 19.7 Å². The zero-order chi connectivity index (χ0) is 16.9. The number of hydrogen-bond donors (Lipinski definition) is 1. The highest BCUT2D eigenvalue weighted by Crippen LogP contribution is 2.19. The molecule has 1 aliphatic rings. The molecule has 0 aromatic carbocycles. The summed E-state index contributed by atoms with van der Waals surface area (Å²) in [6.45, 7) is 3.79. The first-order chi connectivity index (χ1) is 11.6. The van der Waals surface area contributed by atoms with Crippen LogP contribution in [-0.2, 0) is 16.1 Å². The minimum absolute atomic E-state index is 0.0680. The summed E-state index contributed by atoms with van der Waals surface area (Å²) in [5.41, 5.74) is 0.422. The SMILES string of the molecule is Cc1cc(=O)[nH]c([C@H]2CN(C(=O)CCCn3cncn3)CCO2)n1. The van der Waals surface area contributed by atoms with E-state index in [1.165, 1.54) is 12.4 Å². The lowest BCUT2D eigenvalue weighted by atomic mass is 10.2. The van der Waals surface area contributed by atoms with Gasteiger partial charge in [-0.05, 0) is 13.3 Å². The molecule has 3 rings (SSSR count). The summed E-state index contributed by atoms with van der Waals surface area (Å²) in [4.78, 5) is 36.6. The molecule has 1 atom stereocenters. The smallest absolute Gasteiger partial charge is 0.251 e. The predicted octanol–water partition coefficient (Wildman–Crippen LogP) is 0.0501. The Morgan fingerprint density at radius 2 is 2.38 bits per heavy atom. The molecule has 128 valence electrons. The molecule has 1 N–H and O–H groups in total. The minimum atomic E-state index is -0.398. The Kier molecular flexibility index (Phi) is 4.99. The molecule has 9 heteroatoms. The maximum Gasteiger partial charge on any atom is 0.251 e. The van der Waals surface area contributed by atoms with Crippen molar-refractivity contribution in [3.8, 4) is 0 Å². The molecular weight excluding hydrogens is 312 g/mol. The highest BCUT2D eigenvalue weighted by atomic mass is 16.5. The number of H-pyrrole nitrogens is 1.